The van der Waals surface area contributed by atoms with E-state index in [0.29, 0.717) is 11.3 Å². The summed E-state index contributed by atoms with van der Waals surface area (Å²) in [6.07, 6.45) is 0. The normalized spacial score (nSPS) is 9.50. The van der Waals surface area contributed by atoms with E-state index in [1.165, 1.54) is 19.2 Å². The third-order valence-corrected chi connectivity index (χ3v) is 1.50. The lowest BCUT2D eigenvalue weighted by molar-refractivity contribution is 0.104. The fourth-order valence-electron chi connectivity index (χ4n) is 0.863. The molecule has 0 aliphatic carbocycles. The molecule has 3 heteroatoms. The summed E-state index contributed by atoms with van der Waals surface area (Å²) in [7, 11) is 1.45. The molecule has 0 bridgehead atoms. The van der Waals surface area contributed by atoms with Gasteiger partial charge < -0.3 is 9.84 Å². The molecule has 1 radical (unpaired) electrons. The Balaban J connectivity index is 3.10. The van der Waals surface area contributed by atoms with Gasteiger partial charge in [-0.25, -0.2) is 0 Å². The zero-order valence-electron chi connectivity index (χ0n) is 6.70. The SMILES string of the molecule is [CH2]C(=O)c1ccc(OC)c(O)c1. The van der Waals surface area contributed by atoms with Crippen LogP contribution >= 0.6 is 0 Å². The molecule has 0 saturated heterocycles. The van der Waals surface area contributed by atoms with E-state index in [1.54, 1.807) is 6.07 Å². The van der Waals surface area contributed by atoms with Crippen molar-refractivity contribution in [2.75, 3.05) is 7.11 Å². The van der Waals surface area contributed by atoms with E-state index in [-0.39, 0.29) is 11.5 Å². The minimum Gasteiger partial charge on any atom is -0.504 e. The number of ether oxygens (including phenoxy) is 1. The molecule has 0 aliphatic heterocycles. The van der Waals surface area contributed by atoms with Gasteiger partial charge in [0.2, 0.25) is 0 Å². The molecule has 1 aromatic carbocycles. The molecule has 1 aromatic rings. The number of benzene rings is 1. The number of hydrogen-bond acceptors (Lipinski definition) is 3. The molecule has 3 nitrogen and oxygen atoms in total. The quantitative estimate of drug-likeness (QED) is 0.674. The molecular weight excluding hydrogens is 156 g/mol. The van der Waals surface area contributed by atoms with Crippen LogP contribution in [0.5, 0.6) is 11.5 Å². The predicted octanol–water partition coefficient (Wildman–Crippen LogP) is 1.42. The molecule has 0 fully saturated rings. The predicted molar refractivity (Wildman–Crippen MR) is 44.3 cm³/mol. The van der Waals surface area contributed by atoms with Crippen molar-refractivity contribution in [3.63, 3.8) is 0 Å². The van der Waals surface area contributed by atoms with Crippen molar-refractivity contribution in [1.29, 1.82) is 0 Å². The van der Waals surface area contributed by atoms with Crippen LogP contribution in [0.15, 0.2) is 18.2 Å². The van der Waals surface area contributed by atoms with Crippen LogP contribution in [-0.4, -0.2) is 18.0 Å². The van der Waals surface area contributed by atoms with Gasteiger partial charge in [-0.15, -0.1) is 0 Å². The lowest BCUT2D eigenvalue weighted by Gasteiger charge is -2.03. The summed E-state index contributed by atoms with van der Waals surface area (Å²) in [6.45, 7) is 3.21. The van der Waals surface area contributed by atoms with Crippen molar-refractivity contribution in [3.8, 4) is 11.5 Å². The number of carbonyl (C=O) groups is 1. The van der Waals surface area contributed by atoms with Crippen molar-refractivity contribution in [2.24, 2.45) is 0 Å². The Morgan fingerprint density at radius 2 is 2.25 bits per heavy atom. The number of aromatic hydroxyl groups is 1. The first-order valence-corrected chi connectivity index (χ1v) is 3.38. The molecule has 0 aliphatic rings. The van der Waals surface area contributed by atoms with Crippen molar-refractivity contribution in [2.45, 2.75) is 0 Å². The van der Waals surface area contributed by atoms with Crippen LogP contribution in [0.25, 0.3) is 0 Å². The van der Waals surface area contributed by atoms with Crippen LogP contribution in [-0.2, 0) is 0 Å². The van der Waals surface area contributed by atoms with Gasteiger partial charge in [0, 0.05) is 12.5 Å². The average Bonchev–Trinajstić information content (AvgIpc) is 2.04. The third kappa shape index (κ3) is 1.56. The van der Waals surface area contributed by atoms with Crippen molar-refractivity contribution >= 4 is 5.78 Å². The lowest BCUT2D eigenvalue weighted by atomic mass is 10.1. The fourth-order valence-corrected chi connectivity index (χ4v) is 0.863. The van der Waals surface area contributed by atoms with Gasteiger partial charge in [-0.1, -0.05) is 0 Å². The lowest BCUT2D eigenvalue weighted by Crippen LogP contribution is -1.92. The Morgan fingerprint density at radius 1 is 1.58 bits per heavy atom. The monoisotopic (exact) mass is 165 g/mol. The highest BCUT2D eigenvalue weighted by Crippen LogP contribution is 2.26. The van der Waals surface area contributed by atoms with Gasteiger partial charge in [-0.2, -0.15) is 0 Å². The standard InChI is InChI=1S/C9H9O3/c1-6(10)7-3-4-9(12-2)8(11)5-7/h3-5,11H,1H2,2H3. The number of carbonyl (C=O) groups excluding carboxylic acids is 1. The average molecular weight is 165 g/mol. The molecule has 0 heterocycles. The Kier molecular flexibility index (Phi) is 2.33. The highest BCUT2D eigenvalue weighted by molar-refractivity contribution is 5.99. The number of rotatable bonds is 2. The summed E-state index contributed by atoms with van der Waals surface area (Å²) in [6, 6.07) is 4.40. The minimum absolute atomic E-state index is 0.0491. The first-order valence-electron chi connectivity index (χ1n) is 3.38. The summed E-state index contributed by atoms with van der Waals surface area (Å²) < 4.78 is 4.80. The van der Waals surface area contributed by atoms with E-state index < -0.39 is 0 Å². The summed E-state index contributed by atoms with van der Waals surface area (Å²) in [5.41, 5.74) is 0.369. The number of Topliss-reactive ketones (excluding diaryl/α,β-unsaturated/α-hetero) is 1. The molecule has 63 valence electrons. The second-order valence-electron chi connectivity index (χ2n) is 2.31. The van der Waals surface area contributed by atoms with Crippen molar-refractivity contribution < 1.29 is 14.6 Å². The molecule has 0 unspecified atom stereocenters. The van der Waals surface area contributed by atoms with E-state index in [2.05, 4.69) is 6.92 Å². The van der Waals surface area contributed by atoms with Crippen LogP contribution < -0.4 is 4.74 Å². The smallest absolute Gasteiger partial charge is 0.163 e. The summed E-state index contributed by atoms with van der Waals surface area (Å²) >= 11 is 0. The number of methoxy groups -OCH3 is 1. The maximum Gasteiger partial charge on any atom is 0.163 e. The van der Waals surface area contributed by atoms with Gasteiger partial charge in [-0.3, -0.25) is 4.79 Å². The van der Waals surface area contributed by atoms with Crippen molar-refractivity contribution in [3.05, 3.63) is 30.7 Å². The second kappa shape index (κ2) is 3.26. The molecule has 1 N–H and O–H groups in total. The molecule has 0 saturated carbocycles. The molecule has 0 atom stereocenters. The van der Waals surface area contributed by atoms with Gasteiger partial charge in [0.05, 0.1) is 7.11 Å². The molecule has 1 rings (SSSR count). The number of phenols is 1. The number of ketones is 1. The van der Waals surface area contributed by atoms with E-state index in [9.17, 15) is 9.90 Å². The minimum atomic E-state index is -0.326. The highest BCUT2D eigenvalue weighted by Gasteiger charge is 2.04. The van der Waals surface area contributed by atoms with Gasteiger partial charge in [0.1, 0.15) is 0 Å². The first-order chi connectivity index (χ1) is 5.65. The summed E-state index contributed by atoms with van der Waals surface area (Å²) in [4.78, 5) is 10.7. The fraction of sp³-hybridized carbons (Fsp3) is 0.111. The molecule has 0 aromatic heterocycles. The largest absolute Gasteiger partial charge is 0.504 e. The zero-order chi connectivity index (χ0) is 9.14. The molecule has 12 heavy (non-hydrogen) atoms. The van der Waals surface area contributed by atoms with Crippen molar-refractivity contribution in [1.82, 2.24) is 0 Å². The van der Waals surface area contributed by atoms with Gasteiger partial charge in [0.25, 0.3) is 0 Å². The highest BCUT2D eigenvalue weighted by atomic mass is 16.5. The maximum absolute atomic E-state index is 10.7. The van der Waals surface area contributed by atoms with Crippen LogP contribution in [0, 0.1) is 6.92 Å². The van der Waals surface area contributed by atoms with Gasteiger partial charge >= 0.3 is 0 Å². The summed E-state index contributed by atoms with van der Waals surface area (Å²) in [5, 5.41) is 9.24. The number of hydrogen-bond donors (Lipinski definition) is 1. The Morgan fingerprint density at radius 3 is 2.67 bits per heavy atom. The molecule has 0 amide bonds. The Labute approximate surface area is 70.6 Å². The van der Waals surface area contributed by atoms with E-state index in [0.717, 1.165) is 0 Å². The van der Waals surface area contributed by atoms with Crippen LogP contribution in [0.3, 0.4) is 0 Å². The van der Waals surface area contributed by atoms with Crippen LogP contribution in [0.2, 0.25) is 0 Å². The van der Waals surface area contributed by atoms with E-state index in [4.69, 9.17) is 4.74 Å². The Hall–Kier alpha value is -1.51. The molecular formula is C9H9O3. The third-order valence-electron chi connectivity index (χ3n) is 1.50. The summed E-state index contributed by atoms with van der Waals surface area (Å²) in [5.74, 6) is -0.0278. The molecule has 0 spiro atoms. The topological polar surface area (TPSA) is 46.5 Å². The zero-order valence-corrected chi connectivity index (χ0v) is 6.70. The second-order valence-corrected chi connectivity index (χ2v) is 2.31. The van der Waals surface area contributed by atoms with Crippen LogP contribution in [0.1, 0.15) is 10.4 Å². The number of phenolic OH excluding ortho intramolecular Hbond substituents is 1. The van der Waals surface area contributed by atoms with Gasteiger partial charge in [0.15, 0.2) is 17.3 Å². The first kappa shape index (κ1) is 8.59. The van der Waals surface area contributed by atoms with E-state index >= 15 is 0 Å². The van der Waals surface area contributed by atoms with E-state index in [1.807, 2.05) is 0 Å². The Bertz CT molecular complexity index is 305. The van der Waals surface area contributed by atoms with Crippen LogP contribution in [0.4, 0.5) is 0 Å². The maximum atomic E-state index is 10.7. The van der Waals surface area contributed by atoms with Gasteiger partial charge in [-0.05, 0) is 18.2 Å².